The van der Waals surface area contributed by atoms with E-state index in [1.807, 2.05) is 13.8 Å². The van der Waals surface area contributed by atoms with Crippen molar-refractivity contribution in [3.05, 3.63) is 33.8 Å². The highest BCUT2D eigenvalue weighted by molar-refractivity contribution is 7.84. The van der Waals surface area contributed by atoms with Crippen molar-refractivity contribution in [1.82, 2.24) is 0 Å². The minimum Gasteiger partial charge on any atom is -0.341 e. The zero-order valence-electron chi connectivity index (χ0n) is 12.8. The summed E-state index contributed by atoms with van der Waals surface area (Å²) in [6.45, 7) is 3.54. The molecule has 1 saturated heterocycles. The second-order valence-corrected chi connectivity index (χ2v) is 7.26. The lowest BCUT2D eigenvalue weighted by atomic mass is 10.0. The number of benzene rings is 1. The Morgan fingerprint density at radius 3 is 2.26 bits per heavy atom. The van der Waals surface area contributed by atoms with Gasteiger partial charge in [-0.2, -0.15) is 8.42 Å². The normalized spacial score (nSPS) is 24.0. The Kier molecular flexibility index (Phi) is 5.94. The molecule has 2 N–H and O–H groups in total. The van der Waals surface area contributed by atoms with Gasteiger partial charge in [-0.3, -0.25) is 4.18 Å². The molecule has 1 heterocycles. The third-order valence-electron chi connectivity index (χ3n) is 3.80. The first-order valence-corrected chi connectivity index (χ1v) is 9.40. The third-order valence-corrected chi connectivity index (χ3v) is 4.93. The minimum absolute atomic E-state index is 0.285. The molecule has 2 unspecified atom stereocenters. The van der Waals surface area contributed by atoms with E-state index in [2.05, 4.69) is 4.18 Å². The summed E-state index contributed by atoms with van der Waals surface area (Å²) in [5.41, 5.74) is 0.544. The lowest BCUT2D eigenvalue weighted by Crippen LogP contribution is -2.31. The summed E-state index contributed by atoms with van der Waals surface area (Å²) in [5, 5.41) is 5.72. The third kappa shape index (κ3) is 4.36. The van der Waals surface area contributed by atoms with Crippen LogP contribution in [0.5, 0.6) is 0 Å². The highest BCUT2D eigenvalue weighted by Crippen LogP contribution is 2.46. The molecular weight excluding hydrogens is 365 g/mol. The van der Waals surface area contributed by atoms with Gasteiger partial charge in [0.2, 0.25) is 0 Å². The molecule has 2 atom stereocenters. The number of rotatable bonds is 6. The van der Waals surface area contributed by atoms with Gasteiger partial charge in [0.05, 0.1) is 6.61 Å². The highest BCUT2D eigenvalue weighted by Gasteiger charge is 2.47. The van der Waals surface area contributed by atoms with E-state index < -0.39 is 28.3 Å². The Hall–Kier alpha value is -0.410. The van der Waals surface area contributed by atoms with Crippen LogP contribution in [0.1, 0.15) is 38.4 Å². The van der Waals surface area contributed by atoms with E-state index in [4.69, 9.17) is 37.8 Å². The predicted octanol–water partition coefficient (Wildman–Crippen LogP) is 3.19. The number of hydrogen-bond donors (Lipinski definition) is 1. The molecule has 0 bridgehead atoms. The van der Waals surface area contributed by atoms with Gasteiger partial charge in [0.1, 0.15) is 12.2 Å². The molecule has 1 fully saturated rings. The molecule has 23 heavy (non-hydrogen) atoms. The van der Waals surface area contributed by atoms with Crippen LogP contribution in [0.25, 0.3) is 0 Å². The number of nitrogens with two attached hydrogens (primary N) is 1. The quantitative estimate of drug-likeness (QED) is 0.814. The van der Waals surface area contributed by atoms with Crippen LogP contribution in [0.15, 0.2) is 18.2 Å². The predicted molar refractivity (Wildman–Crippen MR) is 87.5 cm³/mol. The average molecular weight is 384 g/mol. The van der Waals surface area contributed by atoms with Crippen LogP contribution in [0.4, 0.5) is 0 Å². The van der Waals surface area contributed by atoms with Gasteiger partial charge in [0, 0.05) is 15.6 Å². The zero-order chi connectivity index (χ0) is 17.3. The van der Waals surface area contributed by atoms with Crippen molar-refractivity contribution in [3.8, 4) is 0 Å². The fourth-order valence-corrected chi connectivity index (χ4v) is 3.50. The summed E-state index contributed by atoms with van der Waals surface area (Å²) in [6.07, 6.45) is -0.203. The standard InChI is InChI=1S/C14H19Cl2NO5S/c1-3-14(4-2)21-11(8-20-23(17,18)19)13(22-14)12-9(15)6-5-7-10(12)16/h5-7,11,13H,3-4,8H2,1-2H3,(H2,17,18,19). The van der Waals surface area contributed by atoms with Crippen molar-refractivity contribution in [1.29, 1.82) is 0 Å². The molecule has 0 aromatic heterocycles. The van der Waals surface area contributed by atoms with Crippen molar-refractivity contribution < 1.29 is 22.1 Å². The summed E-state index contributed by atoms with van der Waals surface area (Å²) >= 11 is 12.5. The van der Waals surface area contributed by atoms with Gasteiger partial charge < -0.3 is 9.47 Å². The summed E-state index contributed by atoms with van der Waals surface area (Å²) in [4.78, 5) is 0. The first-order chi connectivity index (χ1) is 10.7. The molecule has 0 spiro atoms. The molecule has 6 nitrogen and oxygen atoms in total. The first-order valence-electron chi connectivity index (χ1n) is 7.18. The van der Waals surface area contributed by atoms with Gasteiger partial charge >= 0.3 is 10.3 Å². The van der Waals surface area contributed by atoms with Crippen LogP contribution >= 0.6 is 23.2 Å². The Balaban J connectivity index is 2.36. The van der Waals surface area contributed by atoms with E-state index in [1.54, 1.807) is 18.2 Å². The highest BCUT2D eigenvalue weighted by atomic mass is 35.5. The summed E-state index contributed by atoms with van der Waals surface area (Å²) in [7, 11) is -4.09. The zero-order valence-corrected chi connectivity index (χ0v) is 15.1. The molecule has 1 aromatic carbocycles. The fourth-order valence-electron chi connectivity index (χ4n) is 2.57. The Labute approximate surface area is 146 Å². The van der Waals surface area contributed by atoms with E-state index in [1.165, 1.54) is 0 Å². The summed E-state index contributed by atoms with van der Waals surface area (Å²) in [5.74, 6) is -0.848. The molecule has 0 saturated carbocycles. The summed E-state index contributed by atoms with van der Waals surface area (Å²) < 4.78 is 38.8. The minimum atomic E-state index is -4.09. The second-order valence-electron chi connectivity index (χ2n) is 5.23. The van der Waals surface area contributed by atoms with E-state index >= 15 is 0 Å². The van der Waals surface area contributed by atoms with Crippen LogP contribution in [0.3, 0.4) is 0 Å². The molecular formula is C14H19Cl2NO5S. The smallest absolute Gasteiger partial charge is 0.333 e. The molecule has 1 aliphatic heterocycles. The van der Waals surface area contributed by atoms with Gasteiger partial charge in [0.15, 0.2) is 5.79 Å². The maximum atomic E-state index is 11.1. The molecule has 1 aliphatic rings. The largest absolute Gasteiger partial charge is 0.341 e. The van der Waals surface area contributed by atoms with Crippen LogP contribution in [0, 0.1) is 0 Å². The monoisotopic (exact) mass is 383 g/mol. The van der Waals surface area contributed by atoms with Crippen LogP contribution in [-0.4, -0.2) is 26.9 Å². The second kappa shape index (κ2) is 7.23. The number of hydrogen-bond acceptors (Lipinski definition) is 5. The van der Waals surface area contributed by atoms with E-state index in [0.717, 1.165) is 0 Å². The van der Waals surface area contributed by atoms with E-state index in [9.17, 15) is 8.42 Å². The Bertz CT molecular complexity index is 643. The van der Waals surface area contributed by atoms with Gasteiger partial charge in [-0.05, 0) is 25.0 Å². The number of halogens is 2. The van der Waals surface area contributed by atoms with Crippen LogP contribution < -0.4 is 5.14 Å². The van der Waals surface area contributed by atoms with Crippen molar-refractivity contribution >= 4 is 33.5 Å². The number of ether oxygens (including phenoxy) is 2. The topological polar surface area (TPSA) is 87.9 Å². The maximum Gasteiger partial charge on any atom is 0.333 e. The molecule has 2 rings (SSSR count). The van der Waals surface area contributed by atoms with Gasteiger partial charge in [0.25, 0.3) is 0 Å². The molecule has 130 valence electrons. The Morgan fingerprint density at radius 1 is 1.22 bits per heavy atom. The van der Waals surface area contributed by atoms with Crippen LogP contribution in [-0.2, 0) is 24.0 Å². The molecule has 0 aliphatic carbocycles. The van der Waals surface area contributed by atoms with Crippen LogP contribution in [0.2, 0.25) is 10.0 Å². The van der Waals surface area contributed by atoms with E-state index in [0.29, 0.717) is 28.5 Å². The molecule has 1 aromatic rings. The fraction of sp³-hybridized carbons (Fsp3) is 0.571. The van der Waals surface area contributed by atoms with Crippen molar-refractivity contribution in [2.24, 2.45) is 5.14 Å². The molecule has 0 amide bonds. The van der Waals surface area contributed by atoms with E-state index in [-0.39, 0.29) is 6.61 Å². The molecule has 0 radical (unpaired) electrons. The summed E-state index contributed by atoms with van der Waals surface area (Å²) in [6, 6.07) is 5.08. The lowest BCUT2D eigenvalue weighted by Gasteiger charge is -2.25. The maximum absolute atomic E-state index is 11.1. The van der Waals surface area contributed by atoms with Gasteiger partial charge in [-0.15, -0.1) is 0 Å². The lowest BCUT2D eigenvalue weighted by molar-refractivity contribution is -0.181. The van der Waals surface area contributed by atoms with Gasteiger partial charge in [-0.25, -0.2) is 5.14 Å². The van der Waals surface area contributed by atoms with Crippen molar-refractivity contribution in [2.45, 2.75) is 44.7 Å². The average Bonchev–Trinajstić information content (AvgIpc) is 2.84. The SMILES string of the molecule is CCC1(CC)OC(COS(N)(=O)=O)C(c2c(Cl)cccc2Cl)O1. The van der Waals surface area contributed by atoms with Gasteiger partial charge in [-0.1, -0.05) is 43.1 Å². The molecule has 9 heteroatoms. The first kappa shape index (κ1) is 18.9. The Morgan fingerprint density at radius 2 is 1.78 bits per heavy atom. The van der Waals surface area contributed by atoms with Crippen molar-refractivity contribution in [3.63, 3.8) is 0 Å². The van der Waals surface area contributed by atoms with Crippen molar-refractivity contribution in [2.75, 3.05) is 6.61 Å².